The van der Waals surface area contributed by atoms with Gasteiger partial charge in [-0.1, -0.05) is 0 Å². The van der Waals surface area contributed by atoms with E-state index in [1.165, 1.54) is 0 Å². The van der Waals surface area contributed by atoms with Gasteiger partial charge in [-0.3, -0.25) is 0 Å². The SMILES string of the molecule is [C-]#[N+]C[C@H]1CCCO1. The summed E-state index contributed by atoms with van der Waals surface area (Å²) in [7, 11) is 0. The van der Waals surface area contributed by atoms with Crippen LogP contribution in [0.3, 0.4) is 0 Å². The Hall–Kier alpha value is -0.550. The molecule has 0 N–H and O–H groups in total. The van der Waals surface area contributed by atoms with Crippen molar-refractivity contribution in [3.8, 4) is 0 Å². The van der Waals surface area contributed by atoms with E-state index in [1.807, 2.05) is 0 Å². The predicted octanol–water partition coefficient (Wildman–Crippen LogP) is 1.08. The predicted molar refractivity (Wildman–Crippen MR) is 30.4 cm³/mol. The van der Waals surface area contributed by atoms with Crippen molar-refractivity contribution < 1.29 is 4.74 Å². The van der Waals surface area contributed by atoms with Crippen molar-refractivity contribution in [2.75, 3.05) is 13.2 Å². The van der Waals surface area contributed by atoms with Gasteiger partial charge in [-0.05, 0) is 12.8 Å². The fourth-order valence-electron chi connectivity index (χ4n) is 0.890. The van der Waals surface area contributed by atoms with E-state index >= 15 is 0 Å². The van der Waals surface area contributed by atoms with Crippen LogP contribution in [0, 0.1) is 6.57 Å². The number of ether oxygens (including phenoxy) is 1. The first kappa shape index (κ1) is 5.58. The Morgan fingerprint density at radius 1 is 1.75 bits per heavy atom. The molecule has 44 valence electrons. The normalized spacial score (nSPS) is 27.6. The van der Waals surface area contributed by atoms with E-state index in [9.17, 15) is 0 Å². The third-order valence-corrected chi connectivity index (χ3v) is 1.32. The fraction of sp³-hybridized carbons (Fsp3) is 0.833. The average molecular weight is 111 g/mol. The number of nitrogens with zero attached hydrogens (tertiary/aromatic N) is 1. The minimum absolute atomic E-state index is 0.257. The van der Waals surface area contributed by atoms with E-state index in [4.69, 9.17) is 11.3 Å². The summed E-state index contributed by atoms with van der Waals surface area (Å²) in [4.78, 5) is 3.24. The lowest BCUT2D eigenvalue weighted by atomic mass is 10.2. The van der Waals surface area contributed by atoms with E-state index in [0.717, 1.165) is 19.4 Å². The van der Waals surface area contributed by atoms with E-state index in [-0.39, 0.29) is 6.10 Å². The highest BCUT2D eigenvalue weighted by Crippen LogP contribution is 2.11. The van der Waals surface area contributed by atoms with Gasteiger partial charge in [-0.2, -0.15) is 0 Å². The molecule has 2 heteroatoms. The Morgan fingerprint density at radius 2 is 2.62 bits per heavy atom. The molecule has 0 aromatic rings. The molecule has 0 aromatic carbocycles. The molecule has 1 aliphatic heterocycles. The molecule has 0 unspecified atom stereocenters. The Morgan fingerprint density at radius 3 is 3.12 bits per heavy atom. The first-order valence-electron chi connectivity index (χ1n) is 2.88. The molecule has 0 radical (unpaired) electrons. The number of rotatable bonds is 1. The molecular formula is C6H9NO. The van der Waals surface area contributed by atoms with Crippen LogP contribution in [0.5, 0.6) is 0 Å². The van der Waals surface area contributed by atoms with Gasteiger partial charge in [0.05, 0.1) is 0 Å². The minimum Gasteiger partial charge on any atom is -0.370 e. The maximum Gasteiger partial charge on any atom is 0.240 e. The Balaban J connectivity index is 2.17. The van der Waals surface area contributed by atoms with Gasteiger partial charge in [-0.25, -0.2) is 6.57 Å². The van der Waals surface area contributed by atoms with Crippen molar-refractivity contribution >= 4 is 0 Å². The van der Waals surface area contributed by atoms with Gasteiger partial charge in [-0.15, -0.1) is 0 Å². The molecule has 1 heterocycles. The van der Waals surface area contributed by atoms with Crippen molar-refractivity contribution in [3.63, 3.8) is 0 Å². The molecular weight excluding hydrogens is 102 g/mol. The molecule has 1 atom stereocenters. The molecule has 0 spiro atoms. The standard InChI is InChI=1S/C6H9NO/c1-7-5-6-3-2-4-8-6/h6H,2-5H2/t6-/m1/s1. The first-order valence-corrected chi connectivity index (χ1v) is 2.88. The van der Waals surface area contributed by atoms with Gasteiger partial charge in [0.25, 0.3) is 0 Å². The maximum atomic E-state index is 6.51. The molecule has 1 aliphatic rings. The lowest BCUT2D eigenvalue weighted by Crippen LogP contribution is -2.06. The lowest BCUT2D eigenvalue weighted by molar-refractivity contribution is 0.123. The summed E-state index contributed by atoms with van der Waals surface area (Å²) in [5, 5.41) is 0. The van der Waals surface area contributed by atoms with Crippen LogP contribution in [-0.2, 0) is 4.74 Å². The van der Waals surface area contributed by atoms with Crippen LogP contribution in [0.25, 0.3) is 4.85 Å². The second-order valence-electron chi connectivity index (χ2n) is 1.98. The third-order valence-electron chi connectivity index (χ3n) is 1.32. The highest BCUT2D eigenvalue weighted by molar-refractivity contribution is 4.73. The second kappa shape index (κ2) is 2.68. The quantitative estimate of drug-likeness (QED) is 0.462. The molecule has 0 saturated carbocycles. The van der Waals surface area contributed by atoms with E-state index in [1.54, 1.807) is 0 Å². The molecule has 0 amide bonds. The van der Waals surface area contributed by atoms with Crippen molar-refractivity contribution in [2.45, 2.75) is 18.9 Å². The summed E-state index contributed by atoms with van der Waals surface area (Å²) in [6.45, 7) is 7.93. The lowest BCUT2D eigenvalue weighted by Gasteiger charge is -1.96. The first-order chi connectivity index (χ1) is 3.93. The largest absolute Gasteiger partial charge is 0.370 e. The van der Waals surface area contributed by atoms with E-state index in [0.29, 0.717) is 6.54 Å². The average Bonchev–Trinajstić information content (AvgIpc) is 2.19. The fourth-order valence-corrected chi connectivity index (χ4v) is 0.890. The summed E-state index contributed by atoms with van der Waals surface area (Å²) in [5.41, 5.74) is 0. The van der Waals surface area contributed by atoms with E-state index < -0.39 is 0 Å². The molecule has 8 heavy (non-hydrogen) atoms. The number of hydrogen-bond acceptors (Lipinski definition) is 1. The summed E-state index contributed by atoms with van der Waals surface area (Å²) in [6.07, 6.45) is 2.48. The summed E-state index contributed by atoms with van der Waals surface area (Å²) >= 11 is 0. The van der Waals surface area contributed by atoms with Gasteiger partial charge >= 0.3 is 0 Å². The van der Waals surface area contributed by atoms with Gasteiger partial charge < -0.3 is 9.58 Å². The van der Waals surface area contributed by atoms with Gasteiger partial charge in [0, 0.05) is 6.61 Å². The highest BCUT2D eigenvalue weighted by Gasteiger charge is 2.16. The number of hydrogen-bond donors (Lipinski definition) is 0. The van der Waals surface area contributed by atoms with Crippen LogP contribution in [0.1, 0.15) is 12.8 Å². The van der Waals surface area contributed by atoms with Crippen molar-refractivity contribution in [1.29, 1.82) is 0 Å². The molecule has 1 fully saturated rings. The van der Waals surface area contributed by atoms with Crippen LogP contribution in [-0.4, -0.2) is 19.3 Å². The smallest absolute Gasteiger partial charge is 0.240 e. The monoisotopic (exact) mass is 111 g/mol. The van der Waals surface area contributed by atoms with Crippen LogP contribution in [0.4, 0.5) is 0 Å². The summed E-state index contributed by atoms with van der Waals surface area (Å²) < 4.78 is 5.18. The van der Waals surface area contributed by atoms with Gasteiger partial charge in [0.1, 0.15) is 6.10 Å². The Kier molecular flexibility index (Phi) is 1.87. The van der Waals surface area contributed by atoms with Crippen molar-refractivity contribution in [3.05, 3.63) is 11.4 Å². The highest BCUT2D eigenvalue weighted by atomic mass is 16.5. The van der Waals surface area contributed by atoms with Crippen molar-refractivity contribution in [2.24, 2.45) is 0 Å². The molecule has 0 bridgehead atoms. The van der Waals surface area contributed by atoms with Crippen LogP contribution < -0.4 is 0 Å². The van der Waals surface area contributed by atoms with E-state index in [2.05, 4.69) is 4.85 Å². The zero-order chi connectivity index (χ0) is 5.82. The van der Waals surface area contributed by atoms with Crippen LogP contribution in [0.15, 0.2) is 0 Å². The second-order valence-corrected chi connectivity index (χ2v) is 1.98. The zero-order valence-electron chi connectivity index (χ0n) is 4.76. The summed E-state index contributed by atoms with van der Waals surface area (Å²) in [6, 6.07) is 0. The molecule has 1 rings (SSSR count). The topological polar surface area (TPSA) is 13.6 Å². The van der Waals surface area contributed by atoms with Gasteiger partial charge in [0.15, 0.2) is 0 Å². The Labute approximate surface area is 49.3 Å². The molecule has 0 aliphatic carbocycles. The van der Waals surface area contributed by atoms with Gasteiger partial charge in [0.2, 0.25) is 6.54 Å². The van der Waals surface area contributed by atoms with Crippen LogP contribution in [0.2, 0.25) is 0 Å². The maximum absolute atomic E-state index is 6.51. The minimum atomic E-state index is 0.257. The van der Waals surface area contributed by atoms with Crippen LogP contribution >= 0.6 is 0 Å². The third kappa shape index (κ3) is 1.21. The molecule has 0 aromatic heterocycles. The molecule has 2 nitrogen and oxygen atoms in total. The molecule has 1 saturated heterocycles. The Bertz CT molecular complexity index is 99.6. The van der Waals surface area contributed by atoms with Crippen molar-refractivity contribution in [1.82, 2.24) is 0 Å². The summed E-state index contributed by atoms with van der Waals surface area (Å²) in [5.74, 6) is 0. The zero-order valence-corrected chi connectivity index (χ0v) is 4.76.